The van der Waals surface area contributed by atoms with Gasteiger partial charge in [-0.2, -0.15) is 0 Å². The van der Waals surface area contributed by atoms with Gasteiger partial charge in [0.25, 0.3) is 5.56 Å². The Morgan fingerprint density at radius 1 is 1.47 bits per heavy atom. The number of aromatic hydroxyl groups is 1. The van der Waals surface area contributed by atoms with Crippen molar-refractivity contribution in [3.63, 3.8) is 0 Å². The Hall–Kier alpha value is -2.17. The van der Waals surface area contributed by atoms with Crippen LogP contribution in [0.2, 0.25) is 0 Å². The quantitative estimate of drug-likeness (QED) is 0.555. The lowest BCUT2D eigenvalue weighted by molar-refractivity contribution is 0.483. The van der Waals surface area contributed by atoms with Crippen LogP contribution in [0.5, 0.6) is 5.75 Å². The monoisotopic (exact) mass is 205 g/mol. The van der Waals surface area contributed by atoms with E-state index in [4.69, 9.17) is 5.73 Å². The van der Waals surface area contributed by atoms with Crippen molar-refractivity contribution in [1.29, 1.82) is 0 Å². The van der Waals surface area contributed by atoms with Gasteiger partial charge in [0, 0.05) is 18.1 Å². The highest BCUT2D eigenvalue weighted by Crippen LogP contribution is 2.28. The van der Waals surface area contributed by atoms with Gasteiger partial charge in [-0.25, -0.2) is 0 Å². The van der Waals surface area contributed by atoms with Gasteiger partial charge in [-0.05, 0) is 18.2 Å². The van der Waals surface area contributed by atoms with Crippen molar-refractivity contribution in [2.45, 2.75) is 0 Å². The molecule has 78 valence electrons. The van der Waals surface area contributed by atoms with E-state index in [2.05, 4.69) is 10.3 Å². The smallest absolute Gasteiger partial charge is 0.275 e. The van der Waals surface area contributed by atoms with Gasteiger partial charge in [-0.15, -0.1) is 0 Å². The molecule has 0 bridgehead atoms. The zero-order valence-electron chi connectivity index (χ0n) is 8.16. The number of fused-ring (bicyclic) bond motifs is 1. The number of nitrogens with two attached hydrogens (primary N) is 1. The van der Waals surface area contributed by atoms with Gasteiger partial charge < -0.3 is 21.1 Å². The standard InChI is InChI=1S/C10H11N3O2/c1-12-5-2-3-7-6(4-5)9(14)8(11)10(15)13-7/h2-4,12H,11H2,1H3,(H2,13,14,15). The summed E-state index contributed by atoms with van der Waals surface area (Å²) in [4.78, 5) is 13.8. The zero-order valence-corrected chi connectivity index (χ0v) is 8.16. The van der Waals surface area contributed by atoms with Crippen molar-refractivity contribution in [1.82, 2.24) is 4.98 Å². The first-order chi connectivity index (χ1) is 7.13. The van der Waals surface area contributed by atoms with E-state index in [0.717, 1.165) is 5.69 Å². The Labute approximate surface area is 85.5 Å². The van der Waals surface area contributed by atoms with E-state index in [-0.39, 0.29) is 11.4 Å². The predicted octanol–water partition coefficient (Wildman–Crippen LogP) is 0.858. The van der Waals surface area contributed by atoms with Crippen LogP contribution in [0.15, 0.2) is 23.0 Å². The van der Waals surface area contributed by atoms with Crippen molar-refractivity contribution in [2.24, 2.45) is 0 Å². The number of nitrogens with one attached hydrogen (secondary N) is 2. The first-order valence-corrected chi connectivity index (χ1v) is 4.45. The summed E-state index contributed by atoms with van der Waals surface area (Å²) < 4.78 is 0. The highest BCUT2D eigenvalue weighted by Gasteiger charge is 2.08. The Kier molecular flexibility index (Phi) is 2.00. The fraction of sp³-hybridized carbons (Fsp3) is 0.100. The molecule has 0 aliphatic heterocycles. The maximum atomic E-state index is 11.3. The normalized spacial score (nSPS) is 10.5. The summed E-state index contributed by atoms with van der Waals surface area (Å²) >= 11 is 0. The van der Waals surface area contributed by atoms with Crippen LogP contribution >= 0.6 is 0 Å². The van der Waals surface area contributed by atoms with E-state index in [1.807, 2.05) is 0 Å². The minimum atomic E-state index is -0.475. The molecule has 5 heteroatoms. The largest absolute Gasteiger partial charge is 0.505 e. The second-order valence-corrected chi connectivity index (χ2v) is 3.23. The van der Waals surface area contributed by atoms with E-state index in [0.29, 0.717) is 10.9 Å². The topological polar surface area (TPSA) is 91.1 Å². The van der Waals surface area contributed by atoms with Gasteiger partial charge in [0.15, 0.2) is 5.75 Å². The van der Waals surface area contributed by atoms with Crippen LogP contribution in [0.3, 0.4) is 0 Å². The fourth-order valence-electron chi connectivity index (χ4n) is 1.45. The molecule has 5 N–H and O–H groups in total. The van der Waals surface area contributed by atoms with E-state index in [9.17, 15) is 9.90 Å². The molecular weight excluding hydrogens is 194 g/mol. The Morgan fingerprint density at radius 2 is 2.20 bits per heavy atom. The molecule has 0 aliphatic rings. The molecule has 0 unspecified atom stereocenters. The maximum Gasteiger partial charge on any atom is 0.275 e. The van der Waals surface area contributed by atoms with E-state index in [1.54, 1.807) is 25.2 Å². The van der Waals surface area contributed by atoms with Crippen LogP contribution in [0.25, 0.3) is 10.9 Å². The summed E-state index contributed by atoms with van der Waals surface area (Å²) in [5.41, 5.74) is 6.19. The number of aromatic amines is 1. The van der Waals surface area contributed by atoms with E-state index in [1.165, 1.54) is 0 Å². The zero-order chi connectivity index (χ0) is 11.0. The predicted molar refractivity (Wildman–Crippen MR) is 60.2 cm³/mol. The molecule has 0 spiro atoms. The van der Waals surface area contributed by atoms with Gasteiger partial charge in [0.05, 0.1) is 5.52 Å². The third kappa shape index (κ3) is 1.38. The highest BCUT2D eigenvalue weighted by atomic mass is 16.3. The number of aromatic nitrogens is 1. The lowest BCUT2D eigenvalue weighted by Gasteiger charge is -2.06. The van der Waals surface area contributed by atoms with Crippen molar-refractivity contribution in [2.75, 3.05) is 18.1 Å². The molecule has 1 aromatic carbocycles. The van der Waals surface area contributed by atoms with Gasteiger partial charge in [0.1, 0.15) is 5.69 Å². The number of H-pyrrole nitrogens is 1. The molecule has 5 nitrogen and oxygen atoms in total. The summed E-state index contributed by atoms with van der Waals surface area (Å²) in [5, 5.41) is 13.1. The molecule has 0 atom stereocenters. The molecule has 1 heterocycles. The van der Waals surface area contributed by atoms with Crippen LogP contribution in [0.1, 0.15) is 0 Å². The van der Waals surface area contributed by atoms with Gasteiger partial charge >= 0.3 is 0 Å². The summed E-state index contributed by atoms with van der Waals surface area (Å²) in [6.45, 7) is 0. The molecular formula is C10H11N3O2. The van der Waals surface area contributed by atoms with Crippen LogP contribution in [-0.2, 0) is 0 Å². The van der Waals surface area contributed by atoms with Crippen LogP contribution in [0, 0.1) is 0 Å². The van der Waals surface area contributed by atoms with Crippen molar-refractivity contribution >= 4 is 22.3 Å². The third-order valence-corrected chi connectivity index (χ3v) is 2.31. The SMILES string of the molecule is CNc1ccc2[nH]c(=O)c(N)c(O)c2c1. The molecule has 2 aromatic rings. The first-order valence-electron chi connectivity index (χ1n) is 4.45. The Bertz CT molecular complexity index is 575. The van der Waals surface area contributed by atoms with Gasteiger partial charge in [-0.3, -0.25) is 4.79 Å². The lowest BCUT2D eigenvalue weighted by Crippen LogP contribution is -2.11. The van der Waals surface area contributed by atoms with Gasteiger partial charge in [-0.1, -0.05) is 0 Å². The molecule has 0 saturated carbocycles. The maximum absolute atomic E-state index is 11.3. The minimum Gasteiger partial charge on any atom is -0.505 e. The number of hydrogen-bond donors (Lipinski definition) is 4. The van der Waals surface area contributed by atoms with Crippen LogP contribution in [-0.4, -0.2) is 17.1 Å². The molecule has 0 saturated heterocycles. The highest BCUT2D eigenvalue weighted by molar-refractivity contribution is 5.91. The summed E-state index contributed by atoms with van der Waals surface area (Å²) in [7, 11) is 1.77. The second kappa shape index (κ2) is 3.20. The fourth-order valence-corrected chi connectivity index (χ4v) is 1.45. The average Bonchev–Trinajstić information content (AvgIpc) is 2.26. The molecule has 1 aromatic heterocycles. The molecule has 2 rings (SSSR count). The molecule has 15 heavy (non-hydrogen) atoms. The van der Waals surface area contributed by atoms with Crippen LogP contribution < -0.4 is 16.6 Å². The Morgan fingerprint density at radius 3 is 2.87 bits per heavy atom. The van der Waals surface area contributed by atoms with Crippen LogP contribution in [0.4, 0.5) is 11.4 Å². The van der Waals surface area contributed by atoms with E-state index < -0.39 is 5.56 Å². The van der Waals surface area contributed by atoms with Gasteiger partial charge in [0.2, 0.25) is 0 Å². The summed E-state index contributed by atoms with van der Waals surface area (Å²) in [6, 6.07) is 5.23. The van der Waals surface area contributed by atoms with Crippen molar-refractivity contribution < 1.29 is 5.11 Å². The molecule has 0 radical (unpaired) electrons. The summed E-state index contributed by atoms with van der Waals surface area (Å²) in [5.74, 6) is -0.175. The molecule has 0 fully saturated rings. The third-order valence-electron chi connectivity index (χ3n) is 2.31. The number of rotatable bonds is 1. The lowest BCUT2D eigenvalue weighted by atomic mass is 10.1. The first kappa shape index (κ1) is 9.39. The molecule has 0 aliphatic carbocycles. The minimum absolute atomic E-state index is 0.157. The molecule has 0 amide bonds. The average molecular weight is 205 g/mol. The van der Waals surface area contributed by atoms with E-state index >= 15 is 0 Å². The van der Waals surface area contributed by atoms with Crippen molar-refractivity contribution in [3.05, 3.63) is 28.6 Å². The second-order valence-electron chi connectivity index (χ2n) is 3.23. The number of nitrogen functional groups attached to an aromatic ring is 1. The number of hydrogen-bond acceptors (Lipinski definition) is 4. The Balaban J connectivity index is 2.87. The number of pyridine rings is 1. The number of anilines is 2. The number of benzene rings is 1. The summed E-state index contributed by atoms with van der Waals surface area (Å²) in [6.07, 6.45) is 0. The van der Waals surface area contributed by atoms with Crippen molar-refractivity contribution in [3.8, 4) is 5.75 Å².